The zero-order valence-electron chi connectivity index (χ0n) is 15.4. The van der Waals surface area contributed by atoms with E-state index in [4.69, 9.17) is 4.98 Å². The van der Waals surface area contributed by atoms with E-state index in [1.165, 1.54) is 33.0 Å². The first-order valence-corrected chi connectivity index (χ1v) is 10.7. The summed E-state index contributed by atoms with van der Waals surface area (Å²) in [6.45, 7) is 3.52. The van der Waals surface area contributed by atoms with E-state index < -0.39 is 0 Å². The minimum absolute atomic E-state index is 0.264. The van der Waals surface area contributed by atoms with Crippen LogP contribution in [0.1, 0.15) is 29.3 Å². The van der Waals surface area contributed by atoms with Gasteiger partial charge in [-0.05, 0) is 43.0 Å². The van der Waals surface area contributed by atoms with E-state index in [1.54, 1.807) is 0 Å². The van der Waals surface area contributed by atoms with E-state index in [-0.39, 0.29) is 5.91 Å². The number of fused-ring (bicyclic) bond motifs is 2. The molecule has 1 fully saturated rings. The van der Waals surface area contributed by atoms with Gasteiger partial charge in [0.05, 0.1) is 29.2 Å². The van der Waals surface area contributed by atoms with Gasteiger partial charge in [0.25, 0.3) is 5.91 Å². The number of nitrogens with zero attached hydrogens (tertiary/aromatic N) is 2. The number of carbonyl (C=O) groups excluding carboxylic acids is 1. The Hall–Kier alpha value is -2.24. The molecule has 3 heterocycles. The normalized spacial score (nSPS) is 22.1. The van der Waals surface area contributed by atoms with Crippen molar-refractivity contribution in [3.8, 4) is 0 Å². The van der Waals surface area contributed by atoms with Crippen LogP contribution in [0.4, 0.5) is 5.69 Å². The van der Waals surface area contributed by atoms with Crippen LogP contribution in [0, 0.1) is 0 Å². The molecule has 138 valence electrons. The second kappa shape index (κ2) is 7.06. The van der Waals surface area contributed by atoms with Crippen LogP contribution >= 0.6 is 11.3 Å². The number of para-hydroxylation sites is 2. The molecule has 3 aromatic rings. The summed E-state index contributed by atoms with van der Waals surface area (Å²) in [6, 6.07) is 16.7. The van der Waals surface area contributed by atoms with Crippen LogP contribution in [-0.2, 0) is 11.2 Å². The Labute approximate surface area is 163 Å². The van der Waals surface area contributed by atoms with E-state index in [1.807, 2.05) is 22.3 Å². The third kappa shape index (κ3) is 3.26. The summed E-state index contributed by atoms with van der Waals surface area (Å²) in [5.41, 5.74) is 3.52. The first kappa shape index (κ1) is 16.9. The van der Waals surface area contributed by atoms with Gasteiger partial charge in [0, 0.05) is 12.2 Å². The van der Waals surface area contributed by atoms with Crippen molar-refractivity contribution in [3.05, 3.63) is 59.1 Å². The van der Waals surface area contributed by atoms with Gasteiger partial charge in [-0.25, -0.2) is 4.98 Å². The summed E-state index contributed by atoms with van der Waals surface area (Å²) in [4.78, 5) is 21.2. The number of anilines is 1. The lowest BCUT2D eigenvalue weighted by Crippen LogP contribution is -3.14. The lowest BCUT2D eigenvalue weighted by Gasteiger charge is -2.29. The molecule has 1 aromatic heterocycles. The number of amides is 1. The SMILES string of the molecule is O=C(C[NH+]1CCC[C@H](c2nc3ccccc3s2)C1)N1CCc2ccccc21. The number of benzene rings is 2. The molecular weight excluding hydrogens is 354 g/mol. The van der Waals surface area contributed by atoms with E-state index in [0.29, 0.717) is 12.5 Å². The molecule has 1 N–H and O–H groups in total. The largest absolute Gasteiger partial charge is 0.327 e. The standard InChI is InChI=1S/C22H23N3OS/c26-21(25-13-11-16-6-1-3-9-19(16)25)15-24-12-5-7-17(14-24)22-23-18-8-2-4-10-20(18)27-22/h1-4,6,8-10,17H,5,7,11-15H2/p+1/t17-/m0/s1. The van der Waals surface area contributed by atoms with Crippen molar-refractivity contribution in [2.75, 3.05) is 31.1 Å². The fourth-order valence-corrected chi connectivity index (χ4v) is 5.60. The molecule has 0 bridgehead atoms. The van der Waals surface area contributed by atoms with E-state index in [9.17, 15) is 4.79 Å². The van der Waals surface area contributed by atoms with Gasteiger partial charge in [0.2, 0.25) is 0 Å². The van der Waals surface area contributed by atoms with Gasteiger partial charge in [0.15, 0.2) is 6.54 Å². The molecular formula is C22H24N3OS+. The molecule has 2 atom stereocenters. The molecule has 27 heavy (non-hydrogen) atoms. The number of nitrogens with one attached hydrogen (secondary N) is 1. The fourth-order valence-electron chi connectivity index (χ4n) is 4.49. The quantitative estimate of drug-likeness (QED) is 0.761. The van der Waals surface area contributed by atoms with Gasteiger partial charge in [-0.2, -0.15) is 0 Å². The Balaban J connectivity index is 1.28. The Morgan fingerprint density at radius 3 is 2.96 bits per heavy atom. The monoisotopic (exact) mass is 378 g/mol. The van der Waals surface area contributed by atoms with Crippen LogP contribution < -0.4 is 9.80 Å². The highest BCUT2D eigenvalue weighted by atomic mass is 32.1. The third-order valence-corrected chi connectivity index (χ3v) is 7.07. The Bertz CT molecular complexity index is 949. The number of rotatable bonds is 3. The predicted octanol–water partition coefficient (Wildman–Crippen LogP) is 2.65. The topological polar surface area (TPSA) is 37.6 Å². The molecule has 1 amide bonds. The number of thiazole rings is 1. The molecule has 1 saturated heterocycles. The van der Waals surface area contributed by atoms with Gasteiger partial charge >= 0.3 is 0 Å². The maximum atomic E-state index is 13.0. The number of quaternary nitrogens is 1. The average Bonchev–Trinajstić information content (AvgIpc) is 3.32. The highest BCUT2D eigenvalue weighted by Gasteiger charge is 2.31. The highest BCUT2D eigenvalue weighted by molar-refractivity contribution is 7.18. The summed E-state index contributed by atoms with van der Waals surface area (Å²) in [6.07, 6.45) is 3.33. The second-order valence-corrected chi connectivity index (χ2v) is 8.73. The first-order chi connectivity index (χ1) is 13.3. The molecule has 1 unspecified atom stereocenters. The molecule has 5 heteroatoms. The molecule has 5 rings (SSSR count). The van der Waals surface area contributed by atoms with Gasteiger partial charge in [-0.1, -0.05) is 30.3 Å². The van der Waals surface area contributed by atoms with Crippen LogP contribution in [0.3, 0.4) is 0 Å². The summed E-state index contributed by atoms with van der Waals surface area (Å²) in [5, 5.41) is 1.24. The highest BCUT2D eigenvalue weighted by Crippen LogP contribution is 2.30. The van der Waals surface area contributed by atoms with Gasteiger partial charge in [0.1, 0.15) is 5.01 Å². The minimum atomic E-state index is 0.264. The van der Waals surface area contributed by atoms with Gasteiger partial charge in [-0.15, -0.1) is 11.3 Å². The number of piperidine rings is 1. The molecule has 4 nitrogen and oxygen atoms in total. The Kier molecular flexibility index (Phi) is 4.42. The maximum absolute atomic E-state index is 13.0. The zero-order chi connectivity index (χ0) is 18.2. The molecule has 0 spiro atoms. The molecule has 0 saturated carbocycles. The van der Waals surface area contributed by atoms with Crippen LogP contribution in [0.5, 0.6) is 0 Å². The lowest BCUT2D eigenvalue weighted by atomic mass is 9.98. The van der Waals surface area contributed by atoms with Crippen LogP contribution in [-0.4, -0.2) is 37.1 Å². The number of hydrogen-bond acceptors (Lipinski definition) is 3. The number of carbonyl (C=O) groups is 1. The summed E-state index contributed by atoms with van der Waals surface area (Å²) >= 11 is 1.82. The van der Waals surface area contributed by atoms with Gasteiger partial charge < -0.3 is 9.80 Å². The van der Waals surface area contributed by atoms with Crippen LogP contribution in [0.2, 0.25) is 0 Å². The number of aromatic nitrogens is 1. The van der Waals surface area contributed by atoms with Crippen molar-refractivity contribution in [2.45, 2.75) is 25.2 Å². The second-order valence-electron chi connectivity index (χ2n) is 7.66. The van der Waals surface area contributed by atoms with Gasteiger partial charge in [-0.3, -0.25) is 4.79 Å². The average molecular weight is 379 g/mol. The smallest absolute Gasteiger partial charge is 0.282 e. The lowest BCUT2D eigenvalue weighted by molar-refractivity contribution is -0.898. The van der Waals surface area contributed by atoms with E-state index in [2.05, 4.69) is 42.5 Å². The number of hydrogen-bond donors (Lipinski definition) is 1. The van der Waals surface area contributed by atoms with Crippen LogP contribution in [0.25, 0.3) is 10.2 Å². The number of likely N-dealkylation sites (tertiary alicyclic amines) is 1. The van der Waals surface area contributed by atoms with Crippen molar-refractivity contribution in [3.63, 3.8) is 0 Å². The fraction of sp³-hybridized carbons (Fsp3) is 0.364. The van der Waals surface area contributed by atoms with Crippen LogP contribution in [0.15, 0.2) is 48.5 Å². The third-order valence-electron chi connectivity index (χ3n) is 5.87. The van der Waals surface area contributed by atoms with Crippen molar-refractivity contribution in [1.82, 2.24) is 4.98 Å². The summed E-state index contributed by atoms with van der Waals surface area (Å²) in [7, 11) is 0. The molecule has 2 aliphatic heterocycles. The summed E-state index contributed by atoms with van der Waals surface area (Å²) < 4.78 is 1.27. The predicted molar refractivity (Wildman–Crippen MR) is 110 cm³/mol. The zero-order valence-corrected chi connectivity index (χ0v) is 16.2. The first-order valence-electron chi connectivity index (χ1n) is 9.85. The van der Waals surface area contributed by atoms with Crippen molar-refractivity contribution in [2.24, 2.45) is 0 Å². The van der Waals surface area contributed by atoms with Crippen molar-refractivity contribution in [1.29, 1.82) is 0 Å². The molecule has 0 radical (unpaired) electrons. The molecule has 2 aromatic carbocycles. The van der Waals surface area contributed by atoms with Crippen molar-refractivity contribution < 1.29 is 9.69 Å². The minimum Gasteiger partial charge on any atom is -0.327 e. The molecule has 2 aliphatic rings. The van der Waals surface area contributed by atoms with Crippen molar-refractivity contribution >= 4 is 33.1 Å². The van der Waals surface area contributed by atoms with E-state index >= 15 is 0 Å². The van der Waals surface area contributed by atoms with E-state index in [0.717, 1.165) is 37.3 Å². The Morgan fingerprint density at radius 2 is 2.04 bits per heavy atom. The Morgan fingerprint density at radius 1 is 1.19 bits per heavy atom. The molecule has 0 aliphatic carbocycles. The summed E-state index contributed by atoms with van der Waals surface area (Å²) in [5.74, 6) is 0.740. The maximum Gasteiger partial charge on any atom is 0.282 e.